The Kier molecular flexibility index (Phi) is 2.73. The first-order valence-electron chi connectivity index (χ1n) is 4.24. The first-order chi connectivity index (χ1) is 7.63. The van der Waals surface area contributed by atoms with Gasteiger partial charge in [-0.3, -0.25) is 0 Å². The van der Waals surface area contributed by atoms with Gasteiger partial charge < -0.3 is 10.3 Å². The molecule has 0 atom stereocenters. The van der Waals surface area contributed by atoms with Crippen molar-refractivity contribution in [2.45, 2.75) is 0 Å². The van der Waals surface area contributed by atoms with Crippen molar-refractivity contribution in [1.82, 2.24) is 5.16 Å². The lowest BCUT2D eigenvalue weighted by Gasteiger charge is -1.99. The molecule has 1 aromatic heterocycles. The van der Waals surface area contributed by atoms with Crippen LogP contribution in [0.15, 0.2) is 22.7 Å². The van der Waals surface area contributed by atoms with Gasteiger partial charge in [-0.25, -0.2) is 0 Å². The Morgan fingerprint density at radius 1 is 1.31 bits per heavy atom. The van der Waals surface area contributed by atoms with E-state index in [1.807, 2.05) is 6.07 Å². The van der Waals surface area contributed by atoms with Gasteiger partial charge in [-0.15, -0.1) is 0 Å². The highest BCUT2D eigenvalue weighted by molar-refractivity contribution is 6.42. The van der Waals surface area contributed by atoms with Gasteiger partial charge in [0.05, 0.1) is 10.0 Å². The molecule has 0 aliphatic carbocycles. The number of hydrogen-bond acceptors (Lipinski definition) is 4. The molecule has 80 valence electrons. The van der Waals surface area contributed by atoms with E-state index in [0.29, 0.717) is 21.3 Å². The zero-order valence-corrected chi connectivity index (χ0v) is 9.38. The summed E-state index contributed by atoms with van der Waals surface area (Å²) in [4.78, 5) is 0. The van der Waals surface area contributed by atoms with Gasteiger partial charge in [-0.05, 0) is 12.1 Å². The summed E-state index contributed by atoms with van der Waals surface area (Å²) in [6, 6.07) is 6.82. The van der Waals surface area contributed by atoms with Crippen LogP contribution < -0.4 is 5.73 Å². The van der Waals surface area contributed by atoms with Gasteiger partial charge in [0.2, 0.25) is 5.88 Å². The smallest absolute Gasteiger partial charge is 0.240 e. The first-order valence-corrected chi connectivity index (χ1v) is 4.99. The first kappa shape index (κ1) is 10.8. The van der Waals surface area contributed by atoms with Crippen molar-refractivity contribution in [2.24, 2.45) is 0 Å². The zero-order chi connectivity index (χ0) is 11.7. The summed E-state index contributed by atoms with van der Waals surface area (Å²) in [5.41, 5.74) is 6.63. The molecule has 0 bridgehead atoms. The minimum atomic E-state index is -0.0106. The molecule has 0 aliphatic rings. The quantitative estimate of drug-likeness (QED) is 0.848. The predicted molar refractivity (Wildman–Crippen MR) is 61.1 cm³/mol. The highest BCUT2D eigenvalue weighted by atomic mass is 35.5. The minimum Gasteiger partial charge on any atom is -0.366 e. The summed E-state index contributed by atoms with van der Waals surface area (Å²) in [5.74, 6) is -0.0106. The van der Waals surface area contributed by atoms with E-state index in [2.05, 4.69) is 5.16 Å². The Morgan fingerprint density at radius 2 is 2.06 bits per heavy atom. The molecule has 0 fully saturated rings. The fraction of sp³-hybridized carbons (Fsp3) is 0. The number of halogens is 2. The van der Waals surface area contributed by atoms with E-state index in [4.69, 9.17) is 38.7 Å². The molecular formula is C10H5Cl2N3O. The van der Waals surface area contributed by atoms with Crippen molar-refractivity contribution in [2.75, 3.05) is 5.73 Å². The standard InChI is InChI=1S/C10H5Cl2N3O/c11-7-2-1-5(3-8(7)12)9-6(4-13)10(14)16-15-9/h1-3H,14H2. The number of nitrogens with zero attached hydrogens (tertiary/aromatic N) is 2. The average Bonchev–Trinajstić information content (AvgIpc) is 2.63. The molecule has 2 rings (SSSR count). The predicted octanol–water partition coefficient (Wildman–Crippen LogP) is 3.10. The van der Waals surface area contributed by atoms with Gasteiger partial charge in [0.15, 0.2) is 0 Å². The Labute approximate surface area is 101 Å². The fourth-order valence-corrected chi connectivity index (χ4v) is 1.55. The lowest BCUT2D eigenvalue weighted by molar-refractivity contribution is 0.439. The van der Waals surface area contributed by atoms with Gasteiger partial charge in [0.1, 0.15) is 17.3 Å². The number of aromatic nitrogens is 1. The number of nitriles is 1. The van der Waals surface area contributed by atoms with Crippen LogP contribution in [0, 0.1) is 11.3 Å². The highest BCUT2D eigenvalue weighted by Crippen LogP contribution is 2.31. The number of anilines is 1. The highest BCUT2D eigenvalue weighted by Gasteiger charge is 2.15. The second-order valence-corrected chi connectivity index (χ2v) is 3.83. The van der Waals surface area contributed by atoms with Gasteiger partial charge in [0.25, 0.3) is 0 Å². The van der Waals surface area contributed by atoms with E-state index in [-0.39, 0.29) is 11.4 Å². The average molecular weight is 254 g/mol. The topological polar surface area (TPSA) is 75.8 Å². The second kappa shape index (κ2) is 4.05. The molecule has 16 heavy (non-hydrogen) atoms. The van der Waals surface area contributed by atoms with E-state index in [1.54, 1.807) is 18.2 Å². The van der Waals surface area contributed by atoms with Crippen LogP contribution in [-0.4, -0.2) is 5.16 Å². The Balaban J connectivity index is 2.60. The van der Waals surface area contributed by atoms with E-state index in [1.165, 1.54) is 0 Å². The van der Waals surface area contributed by atoms with Crippen LogP contribution in [0.4, 0.5) is 5.88 Å². The summed E-state index contributed by atoms with van der Waals surface area (Å²) >= 11 is 11.6. The van der Waals surface area contributed by atoms with Crippen molar-refractivity contribution in [3.63, 3.8) is 0 Å². The zero-order valence-electron chi connectivity index (χ0n) is 7.87. The monoisotopic (exact) mass is 253 g/mol. The number of hydrogen-bond donors (Lipinski definition) is 1. The van der Waals surface area contributed by atoms with E-state index in [9.17, 15) is 0 Å². The van der Waals surface area contributed by atoms with Crippen LogP contribution in [0.1, 0.15) is 5.56 Å². The molecule has 0 spiro atoms. The van der Waals surface area contributed by atoms with Crippen LogP contribution in [-0.2, 0) is 0 Å². The normalized spacial score (nSPS) is 10.1. The van der Waals surface area contributed by atoms with Crippen LogP contribution in [0.3, 0.4) is 0 Å². The molecule has 0 saturated heterocycles. The molecule has 6 heteroatoms. The summed E-state index contributed by atoms with van der Waals surface area (Å²) in [6.07, 6.45) is 0. The lowest BCUT2D eigenvalue weighted by Crippen LogP contribution is -1.86. The van der Waals surface area contributed by atoms with Gasteiger partial charge in [0, 0.05) is 5.56 Å². The van der Waals surface area contributed by atoms with Crippen LogP contribution in [0.5, 0.6) is 0 Å². The Bertz CT molecular complexity index is 586. The maximum atomic E-state index is 8.88. The molecular weight excluding hydrogens is 249 g/mol. The van der Waals surface area contributed by atoms with Crippen LogP contribution >= 0.6 is 23.2 Å². The van der Waals surface area contributed by atoms with Crippen molar-refractivity contribution >= 4 is 29.1 Å². The number of nitrogens with two attached hydrogens (primary N) is 1. The van der Waals surface area contributed by atoms with Gasteiger partial charge in [-0.2, -0.15) is 5.26 Å². The third-order valence-corrected chi connectivity index (χ3v) is 2.76. The van der Waals surface area contributed by atoms with E-state index >= 15 is 0 Å². The third-order valence-electron chi connectivity index (χ3n) is 2.02. The molecule has 0 saturated carbocycles. The lowest BCUT2D eigenvalue weighted by atomic mass is 10.1. The molecule has 0 aliphatic heterocycles. The van der Waals surface area contributed by atoms with Crippen LogP contribution in [0.2, 0.25) is 10.0 Å². The van der Waals surface area contributed by atoms with Crippen molar-refractivity contribution in [1.29, 1.82) is 5.26 Å². The molecule has 0 amide bonds. The summed E-state index contributed by atoms with van der Waals surface area (Å²) in [6.45, 7) is 0. The molecule has 2 N–H and O–H groups in total. The summed E-state index contributed by atoms with van der Waals surface area (Å²) in [7, 11) is 0. The van der Waals surface area contributed by atoms with E-state index < -0.39 is 0 Å². The number of benzene rings is 1. The SMILES string of the molecule is N#Cc1c(-c2ccc(Cl)c(Cl)c2)noc1N. The van der Waals surface area contributed by atoms with Crippen molar-refractivity contribution in [3.8, 4) is 17.3 Å². The molecule has 1 aromatic carbocycles. The molecule has 4 nitrogen and oxygen atoms in total. The number of rotatable bonds is 1. The van der Waals surface area contributed by atoms with Crippen molar-refractivity contribution < 1.29 is 4.52 Å². The Hall–Kier alpha value is -1.70. The summed E-state index contributed by atoms with van der Waals surface area (Å²) in [5, 5.41) is 13.4. The Morgan fingerprint density at radius 3 is 2.69 bits per heavy atom. The van der Waals surface area contributed by atoms with Gasteiger partial charge in [-0.1, -0.05) is 34.4 Å². The molecule has 2 aromatic rings. The largest absolute Gasteiger partial charge is 0.366 e. The van der Waals surface area contributed by atoms with Crippen LogP contribution in [0.25, 0.3) is 11.3 Å². The van der Waals surface area contributed by atoms with Gasteiger partial charge >= 0.3 is 0 Å². The molecule has 0 radical (unpaired) electrons. The maximum absolute atomic E-state index is 8.88. The fourth-order valence-electron chi connectivity index (χ4n) is 1.25. The minimum absolute atomic E-state index is 0.0106. The molecule has 0 unspecified atom stereocenters. The van der Waals surface area contributed by atoms with E-state index in [0.717, 1.165) is 0 Å². The maximum Gasteiger partial charge on any atom is 0.240 e. The third kappa shape index (κ3) is 1.71. The second-order valence-electron chi connectivity index (χ2n) is 3.01. The summed E-state index contributed by atoms with van der Waals surface area (Å²) < 4.78 is 4.74. The molecule has 1 heterocycles. The number of nitrogen functional groups attached to an aromatic ring is 1. The van der Waals surface area contributed by atoms with Crippen molar-refractivity contribution in [3.05, 3.63) is 33.8 Å².